The van der Waals surface area contributed by atoms with Crippen molar-refractivity contribution in [3.63, 3.8) is 0 Å². The van der Waals surface area contributed by atoms with E-state index in [0.717, 1.165) is 10.5 Å². The normalized spacial score (nSPS) is 19.4. The maximum Gasteiger partial charge on any atom is 0.325 e. The van der Waals surface area contributed by atoms with Gasteiger partial charge in [-0.1, -0.05) is 42.5 Å². The first-order chi connectivity index (χ1) is 13.0. The van der Waals surface area contributed by atoms with Crippen molar-refractivity contribution < 1.29 is 14.0 Å². The summed E-state index contributed by atoms with van der Waals surface area (Å²) in [5.41, 5.74) is 0.554. The zero-order chi connectivity index (χ0) is 19.0. The van der Waals surface area contributed by atoms with E-state index in [9.17, 15) is 14.0 Å². The molecule has 0 saturated carbocycles. The number of nitrogens with zero attached hydrogens (tertiary/aromatic N) is 2. The fourth-order valence-electron chi connectivity index (χ4n) is 3.11. The van der Waals surface area contributed by atoms with E-state index in [4.69, 9.17) is 0 Å². The number of carbonyl (C=O) groups excluding carboxylic acids is 2. The molecule has 4 rings (SSSR count). The third kappa shape index (κ3) is 3.00. The lowest BCUT2D eigenvalue weighted by molar-refractivity contribution is -0.131. The second kappa shape index (κ2) is 6.59. The van der Waals surface area contributed by atoms with Crippen molar-refractivity contribution in [3.05, 3.63) is 77.1 Å². The predicted molar refractivity (Wildman–Crippen MR) is 100 cm³/mol. The van der Waals surface area contributed by atoms with Gasteiger partial charge in [0, 0.05) is 10.9 Å². The van der Waals surface area contributed by atoms with E-state index in [1.165, 1.54) is 17.4 Å². The van der Waals surface area contributed by atoms with Crippen LogP contribution in [0.2, 0.25) is 0 Å². The Balaban J connectivity index is 1.58. The van der Waals surface area contributed by atoms with E-state index in [-0.39, 0.29) is 18.3 Å². The van der Waals surface area contributed by atoms with Crippen LogP contribution in [-0.2, 0) is 16.9 Å². The average Bonchev–Trinajstić information content (AvgIpc) is 3.22. The van der Waals surface area contributed by atoms with Crippen molar-refractivity contribution in [2.45, 2.75) is 19.0 Å². The Morgan fingerprint density at radius 3 is 2.56 bits per heavy atom. The van der Waals surface area contributed by atoms with Crippen molar-refractivity contribution in [1.82, 2.24) is 15.2 Å². The Labute approximate surface area is 159 Å². The number of imide groups is 1. The fourth-order valence-corrected chi connectivity index (χ4v) is 3.95. The highest BCUT2D eigenvalue weighted by molar-refractivity contribution is 7.13. The molecular formula is C20H16FN3O2S. The fraction of sp³-hybridized carbons (Fsp3) is 0.150. The topological polar surface area (TPSA) is 62.3 Å². The van der Waals surface area contributed by atoms with E-state index in [1.54, 1.807) is 42.6 Å². The molecule has 0 bridgehead atoms. The van der Waals surface area contributed by atoms with Crippen LogP contribution in [0.5, 0.6) is 0 Å². The first-order valence-electron chi connectivity index (χ1n) is 8.38. The van der Waals surface area contributed by atoms with Gasteiger partial charge in [0.2, 0.25) is 0 Å². The van der Waals surface area contributed by atoms with Crippen molar-refractivity contribution in [3.8, 4) is 10.6 Å². The SMILES string of the molecule is CC1(c2ccccc2)NC(=O)N(Cc2csc(-c3ccccc3F)n2)C1=O. The molecule has 2 heterocycles. The molecule has 1 aliphatic rings. The van der Waals surface area contributed by atoms with Gasteiger partial charge in [0.05, 0.1) is 12.2 Å². The molecule has 1 fully saturated rings. The standard InChI is InChI=1S/C20H16FN3O2S/c1-20(13-7-3-2-4-8-13)18(25)24(19(26)23-20)11-14-12-27-17(22-14)15-9-5-6-10-16(15)21/h2-10,12H,11H2,1H3,(H,23,26). The summed E-state index contributed by atoms with van der Waals surface area (Å²) >= 11 is 1.28. The van der Waals surface area contributed by atoms with Gasteiger partial charge in [-0.05, 0) is 24.6 Å². The molecule has 1 saturated heterocycles. The molecule has 136 valence electrons. The number of hydrogen-bond acceptors (Lipinski definition) is 4. The molecule has 0 spiro atoms. The quantitative estimate of drug-likeness (QED) is 0.697. The Morgan fingerprint density at radius 1 is 1.11 bits per heavy atom. The van der Waals surface area contributed by atoms with Gasteiger partial charge in [-0.2, -0.15) is 0 Å². The van der Waals surface area contributed by atoms with Crippen molar-refractivity contribution in [2.24, 2.45) is 0 Å². The highest BCUT2D eigenvalue weighted by Crippen LogP contribution is 2.31. The van der Waals surface area contributed by atoms with Crippen LogP contribution in [0.4, 0.5) is 9.18 Å². The van der Waals surface area contributed by atoms with Crippen LogP contribution in [-0.4, -0.2) is 21.8 Å². The van der Waals surface area contributed by atoms with Crippen molar-refractivity contribution in [2.75, 3.05) is 0 Å². The number of thiazole rings is 1. The predicted octanol–water partition coefficient (Wildman–Crippen LogP) is 3.92. The highest BCUT2D eigenvalue weighted by atomic mass is 32.1. The number of amides is 3. The smallest absolute Gasteiger partial charge is 0.319 e. The van der Waals surface area contributed by atoms with Crippen molar-refractivity contribution in [1.29, 1.82) is 0 Å². The maximum absolute atomic E-state index is 13.9. The van der Waals surface area contributed by atoms with Gasteiger partial charge in [0.1, 0.15) is 16.4 Å². The molecule has 5 nitrogen and oxygen atoms in total. The number of aromatic nitrogens is 1. The van der Waals surface area contributed by atoms with E-state index in [2.05, 4.69) is 10.3 Å². The molecule has 1 unspecified atom stereocenters. The molecule has 3 amide bonds. The lowest BCUT2D eigenvalue weighted by Gasteiger charge is -2.21. The van der Waals surface area contributed by atoms with Crippen LogP contribution in [0.1, 0.15) is 18.2 Å². The summed E-state index contributed by atoms with van der Waals surface area (Å²) in [6.45, 7) is 1.73. The minimum Gasteiger partial charge on any atom is -0.319 e. The third-order valence-electron chi connectivity index (χ3n) is 4.60. The number of urea groups is 1. The van der Waals surface area contributed by atoms with Crippen LogP contribution < -0.4 is 5.32 Å². The molecule has 7 heteroatoms. The first-order valence-corrected chi connectivity index (χ1v) is 9.26. The summed E-state index contributed by atoms with van der Waals surface area (Å²) < 4.78 is 13.9. The van der Waals surface area contributed by atoms with E-state index in [0.29, 0.717) is 16.3 Å². The molecule has 2 aromatic carbocycles. The summed E-state index contributed by atoms with van der Waals surface area (Å²) in [7, 11) is 0. The summed E-state index contributed by atoms with van der Waals surface area (Å²) in [4.78, 5) is 30.9. The molecule has 1 atom stereocenters. The van der Waals surface area contributed by atoms with Gasteiger partial charge < -0.3 is 5.32 Å². The molecule has 0 radical (unpaired) electrons. The Kier molecular flexibility index (Phi) is 4.24. The summed E-state index contributed by atoms with van der Waals surface area (Å²) in [5, 5.41) is 5.02. The third-order valence-corrected chi connectivity index (χ3v) is 5.53. The number of rotatable bonds is 4. The molecular weight excluding hydrogens is 365 g/mol. The summed E-state index contributed by atoms with van der Waals surface area (Å²) in [6.07, 6.45) is 0. The number of benzene rings is 2. The summed E-state index contributed by atoms with van der Waals surface area (Å²) in [5.74, 6) is -0.691. The monoisotopic (exact) mass is 381 g/mol. The Morgan fingerprint density at radius 2 is 1.81 bits per heavy atom. The number of carbonyl (C=O) groups is 2. The molecule has 1 aliphatic heterocycles. The van der Waals surface area contributed by atoms with Crippen LogP contribution >= 0.6 is 11.3 Å². The van der Waals surface area contributed by atoms with Gasteiger partial charge in [0.15, 0.2) is 0 Å². The minimum absolute atomic E-state index is 0.0397. The second-order valence-corrected chi connectivity index (χ2v) is 7.29. The van der Waals surface area contributed by atoms with Crippen LogP contribution in [0.25, 0.3) is 10.6 Å². The van der Waals surface area contributed by atoms with Crippen LogP contribution in [0, 0.1) is 5.82 Å². The molecule has 0 aliphatic carbocycles. The second-order valence-electron chi connectivity index (χ2n) is 6.44. The lowest BCUT2D eigenvalue weighted by atomic mass is 9.92. The molecule has 27 heavy (non-hydrogen) atoms. The van der Waals surface area contributed by atoms with Gasteiger partial charge in [-0.25, -0.2) is 14.2 Å². The van der Waals surface area contributed by atoms with Gasteiger partial charge in [-0.15, -0.1) is 11.3 Å². The number of hydrogen-bond donors (Lipinski definition) is 1. The number of nitrogens with one attached hydrogen (secondary N) is 1. The average molecular weight is 381 g/mol. The van der Waals surface area contributed by atoms with Gasteiger partial charge in [0.25, 0.3) is 5.91 Å². The number of halogens is 1. The first kappa shape index (κ1) is 17.4. The van der Waals surface area contributed by atoms with Gasteiger partial charge in [-0.3, -0.25) is 9.69 Å². The maximum atomic E-state index is 13.9. The van der Waals surface area contributed by atoms with Crippen molar-refractivity contribution >= 4 is 23.3 Å². The highest BCUT2D eigenvalue weighted by Gasteiger charge is 2.48. The summed E-state index contributed by atoms with van der Waals surface area (Å²) in [6, 6.07) is 15.0. The zero-order valence-electron chi connectivity index (χ0n) is 14.5. The van der Waals surface area contributed by atoms with E-state index in [1.807, 2.05) is 18.2 Å². The molecule has 3 aromatic rings. The van der Waals surface area contributed by atoms with E-state index < -0.39 is 11.6 Å². The largest absolute Gasteiger partial charge is 0.325 e. The van der Waals surface area contributed by atoms with E-state index >= 15 is 0 Å². The molecule has 1 N–H and O–H groups in total. The van der Waals surface area contributed by atoms with Gasteiger partial charge >= 0.3 is 6.03 Å². The molecule has 1 aromatic heterocycles. The van der Waals surface area contributed by atoms with Crippen LogP contribution in [0.3, 0.4) is 0 Å². The Hall–Kier alpha value is -3.06. The lowest BCUT2D eigenvalue weighted by Crippen LogP contribution is -2.40. The zero-order valence-corrected chi connectivity index (χ0v) is 15.3. The minimum atomic E-state index is -1.11. The van der Waals surface area contributed by atoms with Crippen LogP contribution in [0.15, 0.2) is 60.0 Å². The Bertz CT molecular complexity index is 1020.